The van der Waals surface area contributed by atoms with Crippen LogP contribution in [0.15, 0.2) is 54.7 Å². The quantitative estimate of drug-likeness (QED) is 0.549. The molecule has 2 aromatic carbocycles. The Kier molecular flexibility index (Phi) is 5.93. The van der Waals surface area contributed by atoms with E-state index >= 15 is 0 Å². The number of rotatable bonds is 5. The van der Waals surface area contributed by atoms with Gasteiger partial charge in [-0.1, -0.05) is 19.3 Å². The van der Waals surface area contributed by atoms with Crippen LogP contribution in [0.2, 0.25) is 0 Å². The second-order valence-electron chi connectivity index (χ2n) is 7.80. The molecule has 3 aromatic rings. The van der Waals surface area contributed by atoms with Gasteiger partial charge in [0.25, 0.3) is 0 Å². The van der Waals surface area contributed by atoms with E-state index in [9.17, 15) is 15.0 Å². The fraction of sp³-hybridized carbons (Fsp3) is 0.292. The standard InChI is InChI=1S/C24H25N3O3/c28-19-10-6-17(7-11-19)21-15-25-24(23(26-21)18-8-12-20(29)13-9-18)27-22(30)14-16-4-2-1-3-5-16/h6-13,15-16,28-29H,1-5,14H2,(H,25,27,30). The zero-order valence-corrected chi connectivity index (χ0v) is 16.7. The summed E-state index contributed by atoms with van der Waals surface area (Å²) in [6.07, 6.45) is 7.96. The van der Waals surface area contributed by atoms with Crippen LogP contribution in [0.1, 0.15) is 38.5 Å². The number of amides is 1. The molecule has 6 heteroatoms. The molecule has 0 atom stereocenters. The van der Waals surface area contributed by atoms with Gasteiger partial charge in [-0.25, -0.2) is 9.97 Å². The van der Waals surface area contributed by atoms with Crippen LogP contribution in [0, 0.1) is 5.92 Å². The maximum absolute atomic E-state index is 12.7. The molecule has 1 saturated carbocycles. The molecule has 1 aromatic heterocycles. The molecule has 1 aliphatic carbocycles. The Morgan fingerprint density at radius 2 is 1.50 bits per heavy atom. The molecule has 0 aliphatic heterocycles. The van der Waals surface area contributed by atoms with Crippen LogP contribution in [0.5, 0.6) is 11.5 Å². The summed E-state index contributed by atoms with van der Waals surface area (Å²) >= 11 is 0. The third-order valence-corrected chi connectivity index (χ3v) is 5.53. The van der Waals surface area contributed by atoms with E-state index in [2.05, 4.69) is 10.3 Å². The van der Waals surface area contributed by atoms with Crippen LogP contribution in [0.4, 0.5) is 5.82 Å². The molecule has 30 heavy (non-hydrogen) atoms. The highest BCUT2D eigenvalue weighted by Gasteiger charge is 2.19. The maximum Gasteiger partial charge on any atom is 0.225 e. The summed E-state index contributed by atoms with van der Waals surface area (Å²) in [5, 5.41) is 22.1. The molecular weight excluding hydrogens is 378 g/mol. The topological polar surface area (TPSA) is 95.3 Å². The third kappa shape index (κ3) is 4.76. The number of aromatic nitrogens is 2. The van der Waals surface area contributed by atoms with Gasteiger partial charge in [-0.3, -0.25) is 4.79 Å². The van der Waals surface area contributed by atoms with Gasteiger partial charge in [-0.05, 0) is 67.3 Å². The van der Waals surface area contributed by atoms with Crippen LogP contribution in [0.25, 0.3) is 22.5 Å². The van der Waals surface area contributed by atoms with Gasteiger partial charge < -0.3 is 15.5 Å². The largest absolute Gasteiger partial charge is 0.508 e. The molecule has 1 fully saturated rings. The van der Waals surface area contributed by atoms with Crippen molar-refractivity contribution in [1.29, 1.82) is 0 Å². The van der Waals surface area contributed by atoms with Crippen molar-refractivity contribution in [2.45, 2.75) is 38.5 Å². The molecule has 1 heterocycles. The minimum absolute atomic E-state index is 0.0476. The smallest absolute Gasteiger partial charge is 0.225 e. The van der Waals surface area contributed by atoms with Crippen molar-refractivity contribution in [3.63, 3.8) is 0 Å². The summed E-state index contributed by atoms with van der Waals surface area (Å²) < 4.78 is 0. The minimum Gasteiger partial charge on any atom is -0.508 e. The van der Waals surface area contributed by atoms with Gasteiger partial charge in [0.1, 0.15) is 17.2 Å². The first-order valence-corrected chi connectivity index (χ1v) is 10.3. The number of hydrogen-bond donors (Lipinski definition) is 3. The van der Waals surface area contributed by atoms with Gasteiger partial charge in [0.15, 0.2) is 5.82 Å². The number of nitrogens with one attached hydrogen (secondary N) is 1. The first-order chi connectivity index (χ1) is 14.6. The summed E-state index contributed by atoms with van der Waals surface area (Å²) in [5.74, 6) is 1.12. The van der Waals surface area contributed by atoms with E-state index in [-0.39, 0.29) is 17.4 Å². The molecule has 0 saturated heterocycles. The molecule has 154 valence electrons. The summed E-state index contributed by atoms with van der Waals surface area (Å²) in [7, 11) is 0. The average Bonchev–Trinajstić information content (AvgIpc) is 2.76. The number of anilines is 1. The summed E-state index contributed by atoms with van der Waals surface area (Å²) in [6.45, 7) is 0. The molecule has 6 nitrogen and oxygen atoms in total. The molecule has 0 bridgehead atoms. The maximum atomic E-state index is 12.7. The van der Waals surface area contributed by atoms with Gasteiger partial charge in [0.2, 0.25) is 5.91 Å². The summed E-state index contributed by atoms with van der Waals surface area (Å²) in [5.41, 5.74) is 2.72. The fourth-order valence-corrected chi connectivity index (χ4v) is 3.91. The minimum atomic E-state index is -0.0476. The second kappa shape index (κ2) is 8.95. The number of benzene rings is 2. The number of carbonyl (C=O) groups is 1. The third-order valence-electron chi connectivity index (χ3n) is 5.53. The number of hydrogen-bond acceptors (Lipinski definition) is 5. The van der Waals surface area contributed by atoms with E-state index < -0.39 is 0 Å². The van der Waals surface area contributed by atoms with Crippen molar-refractivity contribution < 1.29 is 15.0 Å². The highest BCUT2D eigenvalue weighted by Crippen LogP contribution is 2.31. The Balaban J connectivity index is 1.63. The van der Waals surface area contributed by atoms with Gasteiger partial charge >= 0.3 is 0 Å². The molecule has 1 aliphatic rings. The van der Waals surface area contributed by atoms with Crippen LogP contribution >= 0.6 is 0 Å². The van der Waals surface area contributed by atoms with E-state index in [1.807, 2.05) is 0 Å². The molecule has 0 spiro atoms. The number of nitrogens with zero attached hydrogens (tertiary/aromatic N) is 2. The van der Waals surface area contributed by atoms with E-state index in [4.69, 9.17) is 4.98 Å². The van der Waals surface area contributed by atoms with Gasteiger partial charge in [0, 0.05) is 17.5 Å². The molecule has 0 radical (unpaired) electrons. The lowest BCUT2D eigenvalue weighted by Gasteiger charge is -2.21. The number of phenols is 2. The lowest BCUT2D eigenvalue weighted by molar-refractivity contribution is -0.117. The Bertz CT molecular complexity index is 1010. The number of phenolic OH excluding ortho intramolecular Hbond substituents is 2. The fourth-order valence-electron chi connectivity index (χ4n) is 3.91. The predicted octanol–water partition coefficient (Wildman–Crippen LogP) is 5.13. The van der Waals surface area contributed by atoms with Gasteiger partial charge in [-0.2, -0.15) is 0 Å². The molecule has 4 rings (SSSR count). The van der Waals surface area contributed by atoms with Crippen molar-refractivity contribution in [3.05, 3.63) is 54.7 Å². The van der Waals surface area contributed by atoms with E-state index in [0.717, 1.165) is 24.0 Å². The number of carbonyl (C=O) groups excluding carboxylic acids is 1. The Labute approximate surface area is 175 Å². The van der Waals surface area contributed by atoms with Gasteiger partial charge in [0.05, 0.1) is 11.9 Å². The lowest BCUT2D eigenvalue weighted by Crippen LogP contribution is -2.19. The SMILES string of the molecule is O=C(CC1CCCCC1)Nc1ncc(-c2ccc(O)cc2)nc1-c1ccc(O)cc1. The lowest BCUT2D eigenvalue weighted by atomic mass is 9.87. The Hall–Kier alpha value is -3.41. The molecule has 1 amide bonds. The summed E-state index contributed by atoms with van der Waals surface area (Å²) in [4.78, 5) is 21.9. The number of aromatic hydroxyl groups is 2. The average molecular weight is 403 g/mol. The van der Waals surface area contributed by atoms with E-state index in [1.54, 1.807) is 54.7 Å². The zero-order valence-electron chi connectivity index (χ0n) is 16.7. The molecule has 3 N–H and O–H groups in total. The first-order valence-electron chi connectivity index (χ1n) is 10.3. The summed E-state index contributed by atoms with van der Waals surface area (Å²) in [6, 6.07) is 13.4. The van der Waals surface area contributed by atoms with E-state index in [1.165, 1.54) is 19.3 Å². The highest BCUT2D eigenvalue weighted by atomic mass is 16.3. The zero-order chi connectivity index (χ0) is 20.9. The van der Waals surface area contributed by atoms with Gasteiger partial charge in [-0.15, -0.1) is 0 Å². The van der Waals surface area contributed by atoms with Crippen LogP contribution in [0.3, 0.4) is 0 Å². The van der Waals surface area contributed by atoms with Crippen molar-refractivity contribution >= 4 is 11.7 Å². The van der Waals surface area contributed by atoms with Crippen LogP contribution < -0.4 is 5.32 Å². The van der Waals surface area contributed by atoms with Crippen LogP contribution in [-0.2, 0) is 4.79 Å². The molecule has 0 unspecified atom stereocenters. The van der Waals surface area contributed by atoms with Crippen molar-refractivity contribution in [2.75, 3.05) is 5.32 Å². The van der Waals surface area contributed by atoms with Crippen molar-refractivity contribution in [2.24, 2.45) is 5.92 Å². The predicted molar refractivity (Wildman–Crippen MR) is 116 cm³/mol. The van der Waals surface area contributed by atoms with Crippen molar-refractivity contribution in [3.8, 4) is 34.0 Å². The highest BCUT2D eigenvalue weighted by molar-refractivity contribution is 5.93. The van der Waals surface area contributed by atoms with E-state index in [0.29, 0.717) is 29.5 Å². The van der Waals surface area contributed by atoms with Crippen molar-refractivity contribution in [1.82, 2.24) is 9.97 Å². The second-order valence-corrected chi connectivity index (χ2v) is 7.80. The van der Waals surface area contributed by atoms with Crippen LogP contribution in [-0.4, -0.2) is 26.1 Å². The Morgan fingerprint density at radius 1 is 0.900 bits per heavy atom. The monoisotopic (exact) mass is 403 g/mol. The first kappa shape index (κ1) is 19.9. The Morgan fingerprint density at radius 3 is 2.13 bits per heavy atom. The normalized spacial score (nSPS) is 14.4. The molecular formula is C24H25N3O3.